The molecule has 2 rings (SSSR count). The van der Waals surface area contributed by atoms with Gasteiger partial charge in [0.1, 0.15) is 5.75 Å². The molecule has 0 atom stereocenters. The van der Waals surface area contributed by atoms with Crippen molar-refractivity contribution in [3.05, 3.63) is 39.4 Å². The third kappa shape index (κ3) is 3.36. The van der Waals surface area contributed by atoms with Gasteiger partial charge in [0.15, 0.2) is 5.43 Å². The van der Waals surface area contributed by atoms with Crippen molar-refractivity contribution in [1.29, 1.82) is 0 Å². The topological polar surface area (TPSA) is 86.5 Å². The summed E-state index contributed by atoms with van der Waals surface area (Å²) >= 11 is 1.50. The van der Waals surface area contributed by atoms with Crippen LogP contribution in [0.3, 0.4) is 0 Å². The van der Waals surface area contributed by atoms with E-state index in [4.69, 9.17) is 5.14 Å². The Balaban J connectivity index is 2.61. The quantitative estimate of drug-likeness (QED) is 0.920. The second-order valence-corrected chi connectivity index (χ2v) is 7.70. The minimum Gasteiger partial charge on any atom is -0.371 e. The number of hydrogen-bond acceptors (Lipinski definition) is 5. The summed E-state index contributed by atoms with van der Waals surface area (Å²) in [5, 5.41) is 5.23. The van der Waals surface area contributed by atoms with Crippen molar-refractivity contribution >= 4 is 31.7 Å². The highest BCUT2D eigenvalue weighted by molar-refractivity contribution is 7.84. The minimum atomic E-state index is -4.09. The molecular formula is C13H15NO4S2. The highest BCUT2D eigenvalue weighted by atomic mass is 32.2. The normalized spacial score (nSPS) is 12.6. The summed E-state index contributed by atoms with van der Waals surface area (Å²) in [6, 6.07) is 6.12. The predicted molar refractivity (Wildman–Crippen MR) is 80.5 cm³/mol. The van der Waals surface area contributed by atoms with Gasteiger partial charge in [-0.1, -0.05) is 20.8 Å². The van der Waals surface area contributed by atoms with Gasteiger partial charge in [0, 0.05) is 15.0 Å². The summed E-state index contributed by atoms with van der Waals surface area (Å²) in [4.78, 5) is 13.1. The summed E-state index contributed by atoms with van der Waals surface area (Å²) in [6.45, 7) is 6.09. The zero-order valence-corrected chi connectivity index (χ0v) is 13.0. The van der Waals surface area contributed by atoms with Gasteiger partial charge in [-0.25, -0.2) is 0 Å². The summed E-state index contributed by atoms with van der Waals surface area (Å²) < 4.78 is 27.1. The van der Waals surface area contributed by atoms with Crippen LogP contribution < -0.4 is 14.8 Å². The van der Waals surface area contributed by atoms with Crippen LogP contribution in [0.25, 0.3) is 10.1 Å². The average Bonchev–Trinajstić information content (AvgIpc) is 2.26. The van der Waals surface area contributed by atoms with Crippen molar-refractivity contribution in [2.75, 3.05) is 0 Å². The molecular weight excluding hydrogens is 298 g/mol. The summed E-state index contributed by atoms with van der Waals surface area (Å²) in [5.74, 6) is 0.0350. The molecule has 0 aliphatic rings. The van der Waals surface area contributed by atoms with E-state index in [9.17, 15) is 13.2 Å². The Labute approximate surface area is 121 Å². The Kier molecular flexibility index (Phi) is 3.62. The zero-order valence-electron chi connectivity index (χ0n) is 11.3. The van der Waals surface area contributed by atoms with E-state index >= 15 is 0 Å². The molecule has 0 aliphatic carbocycles. The molecule has 0 saturated carbocycles. The Morgan fingerprint density at radius 2 is 1.85 bits per heavy atom. The standard InChI is InChI=1S/C13H15NO4S2/c1-13(2,3)12-7-10(15)9-6-8(18-20(14,16)17)4-5-11(9)19-12/h4-7H,1-3H3,(H2,14,16,17). The molecule has 108 valence electrons. The average molecular weight is 313 g/mol. The van der Waals surface area contributed by atoms with Crippen molar-refractivity contribution in [2.24, 2.45) is 5.14 Å². The second kappa shape index (κ2) is 4.83. The number of fused-ring (bicyclic) bond motifs is 1. The lowest BCUT2D eigenvalue weighted by atomic mass is 9.94. The highest BCUT2D eigenvalue weighted by Gasteiger charge is 2.17. The monoisotopic (exact) mass is 313 g/mol. The van der Waals surface area contributed by atoms with Crippen LogP contribution >= 0.6 is 11.3 Å². The van der Waals surface area contributed by atoms with Gasteiger partial charge in [-0.2, -0.15) is 13.6 Å². The fraction of sp³-hybridized carbons (Fsp3) is 0.308. The molecule has 20 heavy (non-hydrogen) atoms. The maximum atomic E-state index is 12.1. The van der Waals surface area contributed by atoms with Crippen LogP contribution in [0.1, 0.15) is 25.6 Å². The molecule has 0 saturated heterocycles. The highest BCUT2D eigenvalue weighted by Crippen LogP contribution is 2.30. The first-order valence-corrected chi connectivity index (χ1v) is 8.16. The van der Waals surface area contributed by atoms with Crippen LogP contribution in [0.4, 0.5) is 0 Å². The van der Waals surface area contributed by atoms with Crippen LogP contribution in [-0.4, -0.2) is 8.42 Å². The van der Waals surface area contributed by atoms with E-state index in [0.29, 0.717) is 5.39 Å². The molecule has 5 nitrogen and oxygen atoms in total. The van der Waals surface area contributed by atoms with Crippen LogP contribution in [-0.2, 0) is 15.7 Å². The molecule has 1 heterocycles. The molecule has 1 aromatic carbocycles. The van der Waals surface area contributed by atoms with E-state index in [0.717, 1.165) is 9.58 Å². The van der Waals surface area contributed by atoms with Crippen molar-refractivity contribution in [3.8, 4) is 5.75 Å². The van der Waals surface area contributed by atoms with Gasteiger partial charge in [0.25, 0.3) is 0 Å². The fourth-order valence-corrected chi connectivity index (χ4v) is 3.18. The Morgan fingerprint density at radius 3 is 2.40 bits per heavy atom. The van der Waals surface area contributed by atoms with E-state index in [2.05, 4.69) is 4.18 Å². The molecule has 2 N–H and O–H groups in total. The van der Waals surface area contributed by atoms with Crippen LogP contribution in [0.2, 0.25) is 0 Å². The molecule has 0 unspecified atom stereocenters. The van der Waals surface area contributed by atoms with E-state index < -0.39 is 10.3 Å². The maximum Gasteiger partial charge on any atom is 0.380 e. The van der Waals surface area contributed by atoms with Crippen LogP contribution in [0.5, 0.6) is 5.75 Å². The maximum absolute atomic E-state index is 12.1. The lowest BCUT2D eigenvalue weighted by Crippen LogP contribution is -2.19. The molecule has 7 heteroatoms. The minimum absolute atomic E-state index is 0.0350. The summed E-state index contributed by atoms with van der Waals surface area (Å²) in [7, 11) is -4.09. The lowest BCUT2D eigenvalue weighted by molar-refractivity contribution is 0.488. The summed E-state index contributed by atoms with van der Waals surface area (Å²) in [5.41, 5.74) is -0.281. The Hall–Kier alpha value is -1.44. The molecule has 0 fully saturated rings. The first-order chi connectivity index (χ1) is 9.06. The van der Waals surface area contributed by atoms with Gasteiger partial charge in [-0.3, -0.25) is 4.79 Å². The van der Waals surface area contributed by atoms with Gasteiger partial charge in [0.05, 0.1) is 0 Å². The number of benzene rings is 1. The smallest absolute Gasteiger partial charge is 0.371 e. The van der Waals surface area contributed by atoms with Gasteiger partial charge >= 0.3 is 10.3 Å². The molecule has 0 radical (unpaired) electrons. The van der Waals surface area contributed by atoms with Crippen molar-refractivity contribution in [3.63, 3.8) is 0 Å². The van der Waals surface area contributed by atoms with Gasteiger partial charge < -0.3 is 4.18 Å². The largest absolute Gasteiger partial charge is 0.380 e. The first kappa shape index (κ1) is 15.0. The van der Waals surface area contributed by atoms with Crippen molar-refractivity contribution in [1.82, 2.24) is 0 Å². The second-order valence-electron chi connectivity index (χ2n) is 5.46. The lowest BCUT2D eigenvalue weighted by Gasteiger charge is -2.18. The van der Waals surface area contributed by atoms with Crippen molar-refractivity contribution in [2.45, 2.75) is 26.2 Å². The molecule has 0 amide bonds. The zero-order chi connectivity index (χ0) is 15.1. The number of nitrogens with two attached hydrogens (primary N) is 1. The van der Waals surface area contributed by atoms with E-state index in [-0.39, 0.29) is 16.6 Å². The van der Waals surface area contributed by atoms with Crippen molar-refractivity contribution < 1.29 is 12.6 Å². The van der Waals surface area contributed by atoms with Crippen LogP contribution in [0, 0.1) is 0 Å². The molecule has 2 aromatic rings. The molecule has 0 aliphatic heterocycles. The third-order valence-electron chi connectivity index (χ3n) is 2.65. The van der Waals surface area contributed by atoms with Gasteiger partial charge in [-0.15, -0.1) is 11.3 Å². The third-order valence-corrected chi connectivity index (χ3v) is 4.60. The van der Waals surface area contributed by atoms with Gasteiger partial charge in [0.2, 0.25) is 0 Å². The molecule has 0 spiro atoms. The first-order valence-electron chi connectivity index (χ1n) is 5.87. The summed E-state index contributed by atoms with van der Waals surface area (Å²) in [6.07, 6.45) is 0. The SMILES string of the molecule is CC(C)(C)c1cc(=O)c2cc(OS(N)(=O)=O)ccc2s1. The van der Waals surface area contributed by atoms with E-state index in [1.807, 2.05) is 20.8 Å². The Bertz CT molecular complexity index is 816. The molecule has 0 bridgehead atoms. The number of rotatable bonds is 2. The predicted octanol–water partition coefficient (Wildman–Crippen LogP) is 2.14. The fourth-order valence-electron chi connectivity index (χ4n) is 1.69. The van der Waals surface area contributed by atoms with E-state index in [1.54, 1.807) is 12.1 Å². The van der Waals surface area contributed by atoms with Gasteiger partial charge in [-0.05, 0) is 29.7 Å². The van der Waals surface area contributed by atoms with E-state index in [1.165, 1.54) is 23.5 Å². The van der Waals surface area contributed by atoms with Crippen LogP contribution in [0.15, 0.2) is 29.1 Å². The molecule has 1 aromatic heterocycles. The Morgan fingerprint density at radius 1 is 1.20 bits per heavy atom. The number of hydrogen-bond donors (Lipinski definition) is 1.